The third-order valence-electron chi connectivity index (χ3n) is 4.48. The fraction of sp³-hybridized carbons (Fsp3) is 0.409. The topological polar surface area (TPSA) is 88.8 Å². The minimum atomic E-state index is -0.612. The maximum atomic E-state index is 14.7. The van der Waals surface area contributed by atoms with Crippen molar-refractivity contribution < 1.29 is 19.0 Å². The summed E-state index contributed by atoms with van der Waals surface area (Å²) in [5, 5.41) is 15.7. The summed E-state index contributed by atoms with van der Waals surface area (Å²) < 4.78 is 21.6. The average Bonchev–Trinajstić information content (AvgIpc) is 3.08. The molecule has 0 atom stereocenters. The molecular formula is C22H27FN4O3. The normalized spacial score (nSPS) is 11.6. The molecule has 2 heterocycles. The van der Waals surface area contributed by atoms with Crippen molar-refractivity contribution in [2.75, 3.05) is 6.61 Å². The van der Waals surface area contributed by atoms with E-state index in [0.29, 0.717) is 16.8 Å². The van der Waals surface area contributed by atoms with Crippen molar-refractivity contribution in [2.24, 2.45) is 0 Å². The molecule has 1 amide bonds. The predicted molar refractivity (Wildman–Crippen MR) is 111 cm³/mol. The number of fused-ring (bicyclic) bond motifs is 1. The van der Waals surface area contributed by atoms with Crippen molar-refractivity contribution in [3.05, 3.63) is 53.7 Å². The summed E-state index contributed by atoms with van der Waals surface area (Å²) in [6.07, 6.45) is 5.22. The molecule has 3 aromatic rings. The van der Waals surface area contributed by atoms with Gasteiger partial charge in [-0.25, -0.2) is 18.7 Å². The Labute approximate surface area is 174 Å². The first kappa shape index (κ1) is 21.7. The van der Waals surface area contributed by atoms with Crippen LogP contribution in [0, 0.1) is 5.82 Å². The molecular weight excluding hydrogens is 387 g/mol. The molecule has 0 saturated heterocycles. The molecule has 2 aromatic heterocycles. The summed E-state index contributed by atoms with van der Waals surface area (Å²) in [5.74, 6) is -0.435. The molecule has 160 valence electrons. The smallest absolute Gasteiger partial charge is 0.407 e. The van der Waals surface area contributed by atoms with Crippen LogP contribution in [0.4, 0.5) is 9.18 Å². The lowest BCUT2D eigenvalue weighted by Gasteiger charge is -2.19. The lowest BCUT2D eigenvalue weighted by atomic mass is 10.1. The van der Waals surface area contributed by atoms with E-state index in [1.54, 1.807) is 37.4 Å². The first-order chi connectivity index (χ1) is 14.3. The van der Waals surface area contributed by atoms with Gasteiger partial charge in [-0.2, -0.15) is 5.10 Å². The number of unbranched alkanes of at least 4 members (excludes halogenated alkanes) is 1. The number of benzene rings is 1. The number of aromatic nitrogens is 3. The van der Waals surface area contributed by atoms with Crippen LogP contribution in [-0.2, 0) is 17.7 Å². The fourth-order valence-electron chi connectivity index (χ4n) is 3.10. The number of alkyl carbamates (subject to hydrolysis) is 1. The van der Waals surface area contributed by atoms with Crippen LogP contribution in [0.1, 0.15) is 44.7 Å². The van der Waals surface area contributed by atoms with Gasteiger partial charge in [0.15, 0.2) is 0 Å². The number of carbonyl (C=O) groups excluding carboxylic acids is 1. The Morgan fingerprint density at radius 3 is 2.77 bits per heavy atom. The van der Waals surface area contributed by atoms with Gasteiger partial charge in [0.2, 0.25) is 0 Å². The molecule has 0 saturated carbocycles. The van der Waals surface area contributed by atoms with E-state index >= 15 is 0 Å². The van der Waals surface area contributed by atoms with Crippen molar-refractivity contribution >= 4 is 11.6 Å². The van der Waals surface area contributed by atoms with E-state index in [9.17, 15) is 9.18 Å². The van der Waals surface area contributed by atoms with Crippen LogP contribution >= 0.6 is 0 Å². The number of nitrogens with one attached hydrogen (secondary N) is 1. The van der Waals surface area contributed by atoms with Gasteiger partial charge in [-0.1, -0.05) is 12.1 Å². The van der Waals surface area contributed by atoms with Gasteiger partial charge in [-0.3, -0.25) is 0 Å². The number of aryl methyl sites for hydroxylation is 1. The highest BCUT2D eigenvalue weighted by Crippen LogP contribution is 2.25. The van der Waals surface area contributed by atoms with Crippen LogP contribution in [0.3, 0.4) is 0 Å². The highest BCUT2D eigenvalue weighted by Gasteiger charge is 2.17. The summed E-state index contributed by atoms with van der Waals surface area (Å²) in [5.41, 5.74) is 2.87. The second-order valence-electron chi connectivity index (χ2n) is 8.13. The summed E-state index contributed by atoms with van der Waals surface area (Å²) in [6, 6.07) is 6.80. The summed E-state index contributed by atoms with van der Waals surface area (Å²) in [4.78, 5) is 16.1. The molecule has 1 aromatic carbocycles. The Morgan fingerprint density at radius 1 is 1.27 bits per heavy atom. The highest BCUT2D eigenvalue weighted by molar-refractivity contribution is 5.77. The van der Waals surface area contributed by atoms with Crippen molar-refractivity contribution in [3.63, 3.8) is 0 Å². The van der Waals surface area contributed by atoms with Crippen LogP contribution in [0.5, 0.6) is 0 Å². The maximum absolute atomic E-state index is 14.7. The number of aliphatic hydroxyl groups is 1. The number of carbonyl (C=O) groups is 1. The fourth-order valence-corrected chi connectivity index (χ4v) is 3.10. The Morgan fingerprint density at radius 2 is 2.07 bits per heavy atom. The number of ether oxygens (including phenoxy) is 1. The van der Waals surface area contributed by atoms with E-state index in [-0.39, 0.29) is 13.2 Å². The van der Waals surface area contributed by atoms with Gasteiger partial charge >= 0.3 is 6.09 Å². The van der Waals surface area contributed by atoms with Gasteiger partial charge in [-0.05, 0) is 57.7 Å². The number of rotatable bonds is 7. The third kappa shape index (κ3) is 5.54. The number of amides is 1. The van der Waals surface area contributed by atoms with E-state index in [4.69, 9.17) is 9.84 Å². The zero-order valence-electron chi connectivity index (χ0n) is 17.5. The van der Waals surface area contributed by atoms with E-state index in [1.807, 2.05) is 12.3 Å². The van der Waals surface area contributed by atoms with Crippen LogP contribution in [0.15, 0.2) is 36.8 Å². The van der Waals surface area contributed by atoms with E-state index in [0.717, 1.165) is 30.3 Å². The first-order valence-corrected chi connectivity index (χ1v) is 9.95. The minimum Gasteiger partial charge on any atom is -0.444 e. The van der Waals surface area contributed by atoms with Crippen LogP contribution in [0.25, 0.3) is 16.8 Å². The number of aliphatic hydroxyl groups excluding tert-OH is 1. The molecule has 2 N–H and O–H groups in total. The lowest BCUT2D eigenvalue weighted by molar-refractivity contribution is 0.0523. The van der Waals surface area contributed by atoms with Gasteiger partial charge in [-0.15, -0.1) is 0 Å². The van der Waals surface area contributed by atoms with E-state index < -0.39 is 17.5 Å². The first-order valence-electron chi connectivity index (χ1n) is 9.95. The quantitative estimate of drug-likeness (QED) is 0.573. The van der Waals surface area contributed by atoms with Gasteiger partial charge < -0.3 is 15.2 Å². The predicted octanol–water partition coefficient (Wildman–Crippen LogP) is 3.88. The van der Waals surface area contributed by atoms with Crippen LogP contribution in [-0.4, -0.2) is 38.0 Å². The van der Waals surface area contributed by atoms with Gasteiger partial charge in [0.05, 0.1) is 11.2 Å². The zero-order chi connectivity index (χ0) is 21.7. The minimum absolute atomic E-state index is 0.0281. The molecule has 30 heavy (non-hydrogen) atoms. The van der Waals surface area contributed by atoms with E-state index in [2.05, 4.69) is 15.4 Å². The average molecular weight is 414 g/mol. The molecule has 8 heteroatoms. The van der Waals surface area contributed by atoms with Crippen molar-refractivity contribution in [1.82, 2.24) is 19.9 Å². The second kappa shape index (κ2) is 9.21. The Balaban J connectivity index is 1.77. The second-order valence-corrected chi connectivity index (χ2v) is 8.13. The third-order valence-corrected chi connectivity index (χ3v) is 4.48. The summed E-state index contributed by atoms with van der Waals surface area (Å²) in [6.45, 7) is 5.51. The zero-order valence-corrected chi connectivity index (χ0v) is 17.5. The molecule has 3 rings (SSSR count). The van der Waals surface area contributed by atoms with Gasteiger partial charge in [0.25, 0.3) is 0 Å². The molecule has 0 bridgehead atoms. The number of hydrogen-bond acceptors (Lipinski definition) is 5. The molecule has 0 aliphatic carbocycles. The highest BCUT2D eigenvalue weighted by atomic mass is 19.1. The standard InChI is InChI=1S/C22H27FN4O3/c1-22(2,3)30-21(29)24-12-17-8-7-16(11-18(17)23)20-19-10-15(6-4-5-9-28)13-27(19)26-14-25-20/h7-8,10-11,13-14,28H,4-6,9,12H2,1-3H3,(H,24,29). The van der Waals surface area contributed by atoms with Crippen molar-refractivity contribution in [1.29, 1.82) is 0 Å². The van der Waals surface area contributed by atoms with Gasteiger partial charge in [0.1, 0.15) is 17.7 Å². The number of nitrogens with zero attached hydrogens (tertiary/aromatic N) is 3. The molecule has 0 unspecified atom stereocenters. The van der Waals surface area contributed by atoms with E-state index in [1.165, 1.54) is 12.4 Å². The Bertz CT molecular complexity index is 1030. The molecule has 0 aliphatic heterocycles. The van der Waals surface area contributed by atoms with Crippen molar-refractivity contribution in [3.8, 4) is 11.3 Å². The largest absolute Gasteiger partial charge is 0.444 e. The lowest BCUT2D eigenvalue weighted by Crippen LogP contribution is -2.32. The maximum Gasteiger partial charge on any atom is 0.407 e. The molecule has 0 radical (unpaired) electrons. The Hall–Kier alpha value is -3.00. The SMILES string of the molecule is CC(C)(C)OC(=O)NCc1ccc(-c2ncnn3cc(CCCCO)cc23)cc1F. The number of halogens is 1. The molecule has 0 fully saturated rings. The molecule has 0 aliphatic rings. The van der Waals surface area contributed by atoms with Crippen LogP contribution < -0.4 is 5.32 Å². The molecule has 7 nitrogen and oxygen atoms in total. The van der Waals surface area contributed by atoms with Crippen LogP contribution in [0.2, 0.25) is 0 Å². The Kier molecular flexibility index (Phi) is 6.66. The monoisotopic (exact) mass is 414 g/mol. The summed E-state index contributed by atoms with van der Waals surface area (Å²) >= 11 is 0. The summed E-state index contributed by atoms with van der Waals surface area (Å²) in [7, 11) is 0. The van der Waals surface area contributed by atoms with Crippen molar-refractivity contribution in [2.45, 2.75) is 52.2 Å². The van der Waals surface area contributed by atoms with Gasteiger partial charge in [0, 0.05) is 30.5 Å². The molecule has 0 spiro atoms. The number of hydrogen-bond donors (Lipinski definition) is 2.